The molecule has 1 aliphatic carbocycles. The Labute approximate surface area is 150 Å². The van der Waals surface area contributed by atoms with E-state index in [1.54, 1.807) is 4.57 Å². The van der Waals surface area contributed by atoms with E-state index in [0.717, 1.165) is 39.0 Å². The van der Waals surface area contributed by atoms with Gasteiger partial charge in [-0.05, 0) is 32.0 Å². The SMILES string of the molecule is CN1CCN(C(=O)CSc2nc3ccccc3c(=O)n2C2CC2)CC1. The Hall–Kier alpha value is -1.86. The van der Waals surface area contributed by atoms with E-state index in [4.69, 9.17) is 0 Å². The van der Waals surface area contributed by atoms with Crippen molar-refractivity contribution in [2.75, 3.05) is 39.0 Å². The molecule has 2 heterocycles. The molecule has 132 valence electrons. The molecule has 0 N–H and O–H groups in total. The zero-order valence-corrected chi connectivity index (χ0v) is 15.2. The van der Waals surface area contributed by atoms with E-state index in [9.17, 15) is 9.59 Å². The molecule has 1 saturated carbocycles. The second kappa shape index (κ2) is 6.80. The molecule has 1 amide bonds. The number of aromatic nitrogens is 2. The highest BCUT2D eigenvalue weighted by atomic mass is 32.2. The van der Waals surface area contributed by atoms with Gasteiger partial charge < -0.3 is 9.80 Å². The normalized spacial score (nSPS) is 18.7. The lowest BCUT2D eigenvalue weighted by atomic mass is 10.2. The van der Waals surface area contributed by atoms with E-state index in [-0.39, 0.29) is 17.5 Å². The van der Waals surface area contributed by atoms with Gasteiger partial charge in [0.25, 0.3) is 5.56 Å². The van der Waals surface area contributed by atoms with Gasteiger partial charge in [-0.3, -0.25) is 14.2 Å². The van der Waals surface area contributed by atoms with Crippen LogP contribution >= 0.6 is 11.8 Å². The number of hydrogen-bond donors (Lipinski definition) is 0. The van der Waals surface area contributed by atoms with Crippen molar-refractivity contribution in [1.29, 1.82) is 0 Å². The predicted octanol–water partition coefficient (Wildman–Crippen LogP) is 1.60. The maximum absolute atomic E-state index is 12.8. The molecule has 0 spiro atoms. The van der Waals surface area contributed by atoms with E-state index in [1.165, 1.54) is 11.8 Å². The van der Waals surface area contributed by atoms with Gasteiger partial charge in [0.15, 0.2) is 5.16 Å². The minimum absolute atomic E-state index is 0.0163. The first kappa shape index (κ1) is 16.6. The van der Waals surface area contributed by atoms with Crippen molar-refractivity contribution in [1.82, 2.24) is 19.4 Å². The summed E-state index contributed by atoms with van der Waals surface area (Å²) in [6.45, 7) is 3.38. The third-order valence-corrected chi connectivity index (χ3v) is 5.81. The van der Waals surface area contributed by atoms with Gasteiger partial charge in [-0.1, -0.05) is 23.9 Å². The van der Waals surface area contributed by atoms with Crippen molar-refractivity contribution in [3.8, 4) is 0 Å². The molecule has 1 saturated heterocycles. The molecule has 2 fully saturated rings. The van der Waals surface area contributed by atoms with Crippen LogP contribution in [0.1, 0.15) is 18.9 Å². The fourth-order valence-corrected chi connectivity index (χ4v) is 4.12. The number of carbonyl (C=O) groups excluding carboxylic acids is 1. The maximum atomic E-state index is 12.8. The molecule has 0 atom stereocenters. The van der Waals surface area contributed by atoms with Crippen LogP contribution in [0, 0.1) is 0 Å². The molecule has 1 aromatic heterocycles. The minimum Gasteiger partial charge on any atom is -0.339 e. The van der Waals surface area contributed by atoms with Crippen LogP contribution in [0.25, 0.3) is 10.9 Å². The van der Waals surface area contributed by atoms with Crippen LogP contribution in [0.3, 0.4) is 0 Å². The van der Waals surface area contributed by atoms with Gasteiger partial charge in [0.2, 0.25) is 5.91 Å². The van der Waals surface area contributed by atoms with Crippen LogP contribution in [-0.4, -0.2) is 64.2 Å². The van der Waals surface area contributed by atoms with Gasteiger partial charge in [-0.15, -0.1) is 0 Å². The summed E-state index contributed by atoms with van der Waals surface area (Å²) < 4.78 is 1.80. The predicted molar refractivity (Wildman–Crippen MR) is 99.1 cm³/mol. The van der Waals surface area contributed by atoms with Gasteiger partial charge in [0.1, 0.15) is 0 Å². The molecule has 25 heavy (non-hydrogen) atoms. The summed E-state index contributed by atoms with van der Waals surface area (Å²) in [6.07, 6.45) is 2.03. The molecule has 1 aliphatic heterocycles. The summed E-state index contributed by atoms with van der Waals surface area (Å²) in [5, 5.41) is 1.33. The molecule has 4 rings (SSSR count). The smallest absolute Gasteiger partial charge is 0.262 e. The lowest BCUT2D eigenvalue weighted by molar-refractivity contribution is -0.129. The number of para-hydroxylation sites is 1. The number of likely N-dealkylation sites (N-methyl/N-ethyl adjacent to an activating group) is 1. The summed E-state index contributed by atoms with van der Waals surface area (Å²) in [6, 6.07) is 7.69. The molecule has 2 aromatic rings. The van der Waals surface area contributed by atoms with Gasteiger partial charge in [0.05, 0.1) is 16.7 Å². The highest BCUT2D eigenvalue weighted by Crippen LogP contribution is 2.36. The second-order valence-electron chi connectivity index (χ2n) is 6.79. The Balaban J connectivity index is 1.55. The van der Waals surface area contributed by atoms with Crippen LogP contribution in [-0.2, 0) is 4.79 Å². The van der Waals surface area contributed by atoms with Gasteiger partial charge >= 0.3 is 0 Å². The Kier molecular flexibility index (Phi) is 4.52. The molecule has 0 unspecified atom stereocenters. The summed E-state index contributed by atoms with van der Waals surface area (Å²) in [4.78, 5) is 34.1. The average Bonchev–Trinajstić information content (AvgIpc) is 3.45. The average molecular weight is 358 g/mol. The first-order chi connectivity index (χ1) is 12.1. The first-order valence-electron chi connectivity index (χ1n) is 8.74. The second-order valence-corrected chi connectivity index (χ2v) is 7.73. The number of benzene rings is 1. The molecular weight excluding hydrogens is 336 g/mol. The van der Waals surface area contributed by atoms with Crippen molar-refractivity contribution in [3.63, 3.8) is 0 Å². The fraction of sp³-hybridized carbons (Fsp3) is 0.500. The Morgan fingerprint density at radius 1 is 1.20 bits per heavy atom. The minimum atomic E-state index is 0.0163. The third-order valence-electron chi connectivity index (χ3n) is 4.87. The quantitative estimate of drug-likeness (QED) is 0.614. The van der Waals surface area contributed by atoms with Gasteiger partial charge in [-0.25, -0.2) is 4.98 Å². The summed E-state index contributed by atoms with van der Waals surface area (Å²) >= 11 is 1.39. The van der Waals surface area contributed by atoms with E-state index < -0.39 is 0 Å². The number of fused-ring (bicyclic) bond motifs is 1. The number of carbonyl (C=O) groups is 1. The highest BCUT2D eigenvalue weighted by Gasteiger charge is 2.29. The highest BCUT2D eigenvalue weighted by molar-refractivity contribution is 7.99. The fourth-order valence-electron chi connectivity index (χ4n) is 3.16. The van der Waals surface area contributed by atoms with E-state index in [1.807, 2.05) is 29.2 Å². The van der Waals surface area contributed by atoms with Crippen molar-refractivity contribution in [2.24, 2.45) is 0 Å². The number of thioether (sulfide) groups is 1. The molecule has 0 radical (unpaired) electrons. The monoisotopic (exact) mass is 358 g/mol. The number of hydrogen-bond acceptors (Lipinski definition) is 5. The zero-order valence-electron chi connectivity index (χ0n) is 14.4. The van der Waals surface area contributed by atoms with Crippen LogP contribution in [0.2, 0.25) is 0 Å². The topological polar surface area (TPSA) is 58.4 Å². The van der Waals surface area contributed by atoms with Crippen LogP contribution in [0.4, 0.5) is 0 Å². The first-order valence-corrected chi connectivity index (χ1v) is 9.72. The lowest BCUT2D eigenvalue weighted by Crippen LogP contribution is -2.47. The molecule has 0 bridgehead atoms. The summed E-state index contributed by atoms with van der Waals surface area (Å²) in [5.41, 5.74) is 0.724. The lowest BCUT2D eigenvalue weighted by Gasteiger charge is -2.32. The van der Waals surface area contributed by atoms with Gasteiger partial charge in [-0.2, -0.15) is 0 Å². The standard InChI is InChI=1S/C18H22N4O2S/c1-20-8-10-21(11-9-20)16(23)12-25-18-19-15-5-3-2-4-14(15)17(24)22(18)13-6-7-13/h2-5,13H,6-12H2,1H3. The number of nitrogens with zero attached hydrogens (tertiary/aromatic N) is 4. The van der Waals surface area contributed by atoms with Crippen LogP contribution in [0.15, 0.2) is 34.2 Å². The summed E-state index contributed by atoms with van der Waals surface area (Å²) in [5.74, 6) is 0.462. The maximum Gasteiger partial charge on any atom is 0.262 e. The third kappa shape index (κ3) is 3.43. The van der Waals surface area contributed by atoms with Crippen molar-refractivity contribution < 1.29 is 4.79 Å². The van der Waals surface area contributed by atoms with Crippen LogP contribution < -0.4 is 5.56 Å². The zero-order chi connectivity index (χ0) is 17.4. The Morgan fingerprint density at radius 2 is 1.92 bits per heavy atom. The molecule has 1 aromatic carbocycles. The molecular formula is C18H22N4O2S. The Morgan fingerprint density at radius 3 is 2.64 bits per heavy atom. The summed E-state index contributed by atoms with van der Waals surface area (Å²) in [7, 11) is 2.07. The van der Waals surface area contributed by atoms with Gasteiger partial charge in [0, 0.05) is 32.2 Å². The van der Waals surface area contributed by atoms with E-state index in [0.29, 0.717) is 21.8 Å². The largest absolute Gasteiger partial charge is 0.339 e. The van der Waals surface area contributed by atoms with Crippen LogP contribution in [0.5, 0.6) is 0 Å². The molecule has 7 heteroatoms. The number of amides is 1. The van der Waals surface area contributed by atoms with Crippen molar-refractivity contribution in [3.05, 3.63) is 34.6 Å². The number of rotatable bonds is 4. The van der Waals surface area contributed by atoms with E-state index in [2.05, 4.69) is 16.9 Å². The van der Waals surface area contributed by atoms with E-state index >= 15 is 0 Å². The van der Waals surface area contributed by atoms with Crippen molar-refractivity contribution >= 4 is 28.6 Å². The van der Waals surface area contributed by atoms with Crippen molar-refractivity contribution in [2.45, 2.75) is 24.0 Å². The number of piperazine rings is 1. The Bertz CT molecular complexity index is 854. The molecule has 2 aliphatic rings. The molecule has 6 nitrogen and oxygen atoms in total.